The van der Waals surface area contributed by atoms with E-state index in [0.29, 0.717) is 11.3 Å². The Morgan fingerprint density at radius 2 is 1.74 bits per heavy atom. The maximum Gasteiger partial charge on any atom is 0.229 e. The van der Waals surface area contributed by atoms with Crippen molar-refractivity contribution in [2.75, 3.05) is 34.0 Å². The summed E-state index contributed by atoms with van der Waals surface area (Å²) in [5.74, 6) is 0.128. The van der Waals surface area contributed by atoms with Crippen LogP contribution in [0.25, 0.3) is 22.1 Å². The van der Waals surface area contributed by atoms with Crippen LogP contribution >= 0.6 is 0 Å². The second-order valence-electron chi connectivity index (χ2n) is 10.2. The molecule has 0 spiro atoms. The lowest BCUT2D eigenvalue weighted by Gasteiger charge is -2.40. The highest BCUT2D eigenvalue weighted by Gasteiger charge is 2.50. The number of hydrogen-bond donors (Lipinski definition) is 7. The van der Waals surface area contributed by atoms with Gasteiger partial charge in [-0.25, -0.2) is 0 Å². The number of hydrogen-bond acceptors (Lipinski definition) is 15. The normalized spacial score (nSPS) is 30.8. The van der Waals surface area contributed by atoms with Crippen molar-refractivity contribution >= 4 is 11.0 Å². The van der Waals surface area contributed by atoms with Crippen LogP contribution in [-0.2, 0) is 14.2 Å². The molecule has 2 aromatic carbocycles. The Morgan fingerprint density at radius 1 is 0.977 bits per heavy atom. The second kappa shape index (κ2) is 12.2. The first-order chi connectivity index (χ1) is 20.5. The van der Waals surface area contributed by atoms with Crippen molar-refractivity contribution in [2.24, 2.45) is 0 Å². The van der Waals surface area contributed by atoms with Crippen molar-refractivity contribution in [3.05, 3.63) is 46.8 Å². The quantitative estimate of drug-likeness (QED) is 0.152. The molecule has 234 valence electrons. The van der Waals surface area contributed by atoms with Gasteiger partial charge in [0.15, 0.2) is 17.8 Å². The fraction of sp³-hybridized carbons (Fsp3) is 0.464. The number of benzene rings is 2. The topological polar surface area (TPSA) is 227 Å². The minimum Gasteiger partial charge on any atom is -0.507 e. The Labute approximate surface area is 243 Å². The van der Waals surface area contributed by atoms with E-state index in [1.54, 1.807) is 0 Å². The van der Waals surface area contributed by atoms with E-state index in [9.17, 15) is 40.5 Å². The Balaban J connectivity index is 1.34. The van der Waals surface area contributed by atoms with E-state index >= 15 is 0 Å². The number of aromatic hydroxyl groups is 1. The number of methoxy groups -OCH3 is 2. The summed E-state index contributed by atoms with van der Waals surface area (Å²) in [6, 6.07) is 7.13. The van der Waals surface area contributed by atoms with E-state index < -0.39 is 74.0 Å². The van der Waals surface area contributed by atoms with Crippen LogP contribution in [0.1, 0.15) is 0 Å². The van der Waals surface area contributed by atoms with Gasteiger partial charge in [0.1, 0.15) is 64.9 Å². The molecule has 2 aliphatic rings. The van der Waals surface area contributed by atoms with Crippen molar-refractivity contribution < 1.29 is 68.6 Å². The van der Waals surface area contributed by atoms with Gasteiger partial charge >= 0.3 is 0 Å². The average molecular weight is 609 g/mol. The van der Waals surface area contributed by atoms with Crippen molar-refractivity contribution in [1.29, 1.82) is 0 Å². The summed E-state index contributed by atoms with van der Waals surface area (Å²) >= 11 is 0. The van der Waals surface area contributed by atoms with Gasteiger partial charge in [-0.05, 0) is 17.7 Å². The summed E-state index contributed by atoms with van der Waals surface area (Å²) in [7, 11) is 2.74. The molecule has 3 aromatic rings. The monoisotopic (exact) mass is 608 g/mol. The van der Waals surface area contributed by atoms with Crippen LogP contribution in [0.15, 0.2) is 45.8 Å². The predicted molar refractivity (Wildman–Crippen MR) is 144 cm³/mol. The third-order valence-electron chi connectivity index (χ3n) is 7.46. The van der Waals surface area contributed by atoms with Gasteiger partial charge in [-0.15, -0.1) is 0 Å². The van der Waals surface area contributed by atoms with E-state index in [0.717, 1.165) is 0 Å². The van der Waals surface area contributed by atoms with E-state index in [1.165, 1.54) is 50.8 Å². The Morgan fingerprint density at radius 3 is 2.42 bits per heavy atom. The highest BCUT2D eigenvalue weighted by atomic mass is 16.7. The molecule has 3 heterocycles. The van der Waals surface area contributed by atoms with Crippen LogP contribution in [0.5, 0.6) is 23.0 Å². The summed E-state index contributed by atoms with van der Waals surface area (Å²) < 4.78 is 38.1. The number of aliphatic hydroxyl groups excluding tert-OH is 5. The van der Waals surface area contributed by atoms with Crippen molar-refractivity contribution in [2.45, 2.75) is 48.7 Å². The lowest BCUT2D eigenvalue weighted by atomic mass is 9.99. The van der Waals surface area contributed by atoms with Gasteiger partial charge in [-0.1, -0.05) is 6.07 Å². The molecule has 8 atom stereocenters. The molecule has 0 unspecified atom stereocenters. The molecule has 2 saturated heterocycles. The fourth-order valence-corrected chi connectivity index (χ4v) is 4.86. The van der Waals surface area contributed by atoms with Crippen molar-refractivity contribution in [1.82, 2.24) is 0 Å². The maximum absolute atomic E-state index is 13.2. The smallest absolute Gasteiger partial charge is 0.229 e. The Hall–Kier alpha value is -3.51. The molecule has 2 aliphatic heterocycles. The average Bonchev–Trinajstić information content (AvgIpc) is 3.30. The van der Waals surface area contributed by atoms with Gasteiger partial charge in [0, 0.05) is 12.1 Å². The zero-order chi connectivity index (χ0) is 31.1. The zero-order valence-electron chi connectivity index (χ0n) is 23.0. The molecule has 43 heavy (non-hydrogen) atoms. The molecule has 0 bridgehead atoms. The van der Waals surface area contributed by atoms with Crippen LogP contribution < -0.4 is 19.6 Å². The molecule has 2 fully saturated rings. The van der Waals surface area contributed by atoms with Crippen LogP contribution in [0.2, 0.25) is 0 Å². The lowest BCUT2D eigenvalue weighted by molar-refractivity contribution is -0.289. The highest BCUT2D eigenvalue weighted by molar-refractivity contribution is 5.88. The van der Waals surface area contributed by atoms with Crippen LogP contribution in [0, 0.1) is 0 Å². The molecule has 0 aliphatic carbocycles. The van der Waals surface area contributed by atoms with Gasteiger partial charge in [0.05, 0.1) is 39.6 Å². The van der Waals surface area contributed by atoms with Gasteiger partial charge in [-0.3, -0.25) is 4.79 Å². The number of phenolic OH excluding ortho intramolecular Hbond substituents is 1. The van der Waals surface area contributed by atoms with Gasteiger partial charge in [0.25, 0.3) is 0 Å². The van der Waals surface area contributed by atoms with Gasteiger partial charge < -0.3 is 68.6 Å². The number of rotatable bonds is 9. The number of aliphatic hydroxyl groups is 6. The highest BCUT2D eigenvalue weighted by Crippen LogP contribution is 2.36. The summed E-state index contributed by atoms with van der Waals surface area (Å²) in [5.41, 5.74) is -1.87. The van der Waals surface area contributed by atoms with Crippen LogP contribution in [0.3, 0.4) is 0 Å². The molecule has 0 saturated carbocycles. The van der Waals surface area contributed by atoms with Crippen molar-refractivity contribution in [3.8, 4) is 34.1 Å². The predicted octanol–water partition coefficient (Wildman–Crippen LogP) is -1.17. The largest absolute Gasteiger partial charge is 0.507 e. The summed E-state index contributed by atoms with van der Waals surface area (Å²) in [6.07, 6.45) is -9.61. The SMILES string of the molecule is COc1cc(O)c2c(=O)c(-c3ccc(O[C@H]4O[C@@H](CO[C@@H]5OC[C@@](O)(CO)[C@H]5O)[C@@H](O)[C@@H](O)[C@H]4O)c(OC)c3)coc2c1. The number of ether oxygens (including phenoxy) is 6. The second-order valence-corrected chi connectivity index (χ2v) is 10.2. The number of phenols is 1. The molecule has 15 heteroatoms. The van der Waals surface area contributed by atoms with Gasteiger partial charge in [0.2, 0.25) is 11.7 Å². The third-order valence-corrected chi connectivity index (χ3v) is 7.46. The standard InChI is InChI=1S/C28H32O15/c1-37-13-6-15(30)20-18(7-13)39-8-14(21(20)31)12-3-4-16(17(5-12)38-2)42-26-24(34)23(33)22(32)19(43-26)9-40-27-25(35)28(36,10-29)11-41-27/h3-8,19,22-27,29-30,32-36H,9-11H2,1-2H3/t19-,22+,23+,24+,25-,26-,27+,28-/m0/s1. The summed E-state index contributed by atoms with van der Waals surface area (Å²) in [4.78, 5) is 13.2. The molecule has 15 nitrogen and oxygen atoms in total. The van der Waals surface area contributed by atoms with E-state index in [1.807, 2.05) is 0 Å². The minimum atomic E-state index is -1.93. The minimum absolute atomic E-state index is 0.0406. The first kappa shape index (κ1) is 30.9. The Bertz CT molecular complexity index is 1510. The first-order valence-electron chi connectivity index (χ1n) is 13.1. The zero-order valence-corrected chi connectivity index (χ0v) is 23.0. The van der Waals surface area contributed by atoms with Crippen molar-refractivity contribution in [3.63, 3.8) is 0 Å². The first-order valence-corrected chi connectivity index (χ1v) is 13.1. The lowest BCUT2D eigenvalue weighted by Crippen LogP contribution is -2.60. The van der Waals surface area contributed by atoms with E-state index in [2.05, 4.69) is 0 Å². The summed E-state index contributed by atoms with van der Waals surface area (Å²) in [5, 5.41) is 71.4. The Kier molecular flexibility index (Phi) is 8.80. The van der Waals surface area contributed by atoms with Gasteiger partial charge in [-0.2, -0.15) is 0 Å². The summed E-state index contributed by atoms with van der Waals surface area (Å²) in [6.45, 7) is -1.63. The van der Waals surface area contributed by atoms with E-state index in [4.69, 9.17) is 32.8 Å². The molecule has 0 radical (unpaired) electrons. The fourth-order valence-electron chi connectivity index (χ4n) is 4.86. The molecule has 7 N–H and O–H groups in total. The maximum atomic E-state index is 13.2. The van der Waals surface area contributed by atoms with Crippen LogP contribution in [0.4, 0.5) is 0 Å². The third kappa shape index (κ3) is 5.74. The molecular weight excluding hydrogens is 576 g/mol. The molecular formula is C28H32O15. The van der Waals surface area contributed by atoms with E-state index in [-0.39, 0.29) is 33.8 Å². The number of fused-ring (bicyclic) bond motifs is 1. The molecule has 0 amide bonds. The molecule has 5 rings (SSSR count). The molecule has 1 aromatic heterocycles. The van der Waals surface area contributed by atoms with Crippen LogP contribution in [-0.4, -0.2) is 118 Å².